The summed E-state index contributed by atoms with van der Waals surface area (Å²) in [6.45, 7) is 0.369. The van der Waals surface area contributed by atoms with Crippen LogP contribution in [0.5, 0.6) is 0 Å². The third kappa shape index (κ3) is 3.66. The summed E-state index contributed by atoms with van der Waals surface area (Å²) in [5, 5.41) is 2.92. The minimum Gasteiger partial charge on any atom is -0.459 e. The number of anilines is 1. The number of halogens is 1. The van der Waals surface area contributed by atoms with Crippen LogP contribution in [0.25, 0.3) is 0 Å². The molecule has 0 bridgehead atoms. The average molecular weight is 425 g/mol. The molecule has 5 nitrogen and oxygen atoms in total. The van der Waals surface area contributed by atoms with E-state index in [4.69, 9.17) is 4.42 Å². The van der Waals surface area contributed by atoms with Crippen molar-refractivity contribution in [3.8, 4) is 0 Å². The largest absolute Gasteiger partial charge is 0.459 e. The Morgan fingerprint density at radius 3 is 2.44 bits per heavy atom. The average Bonchev–Trinajstić information content (AvgIpc) is 3.23. The molecule has 2 amide bonds. The maximum Gasteiger partial charge on any atom is 0.290 e. The van der Waals surface area contributed by atoms with Gasteiger partial charge in [0.1, 0.15) is 6.04 Å². The maximum absolute atomic E-state index is 13.0. The molecule has 4 rings (SSSR count). The molecular formula is C21H17BrN2O3. The van der Waals surface area contributed by atoms with Crippen LogP contribution in [0.4, 0.5) is 5.69 Å². The van der Waals surface area contributed by atoms with Crippen LogP contribution >= 0.6 is 15.9 Å². The fourth-order valence-electron chi connectivity index (χ4n) is 3.27. The molecule has 1 atom stereocenters. The molecule has 1 aliphatic heterocycles. The predicted octanol–water partition coefficient (Wildman–Crippen LogP) is 4.25. The second-order valence-electron chi connectivity index (χ2n) is 6.40. The number of hydrogen-bond acceptors (Lipinski definition) is 3. The topological polar surface area (TPSA) is 62.6 Å². The molecule has 6 heteroatoms. The Morgan fingerprint density at radius 2 is 1.74 bits per heavy atom. The van der Waals surface area contributed by atoms with Gasteiger partial charge in [0.2, 0.25) is 5.91 Å². The lowest BCUT2D eigenvalue weighted by Gasteiger charge is -2.35. The van der Waals surface area contributed by atoms with E-state index in [1.807, 2.05) is 48.5 Å². The third-order valence-corrected chi connectivity index (χ3v) is 5.18. The van der Waals surface area contributed by atoms with Gasteiger partial charge in [-0.15, -0.1) is 0 Å². The molecule has 0 fully saturated rings. The molecule has 136 valence electrons. The van der Waals surface area contributed by atoms with Gasteiger partial charge in [-0.3, -0.25) is 9.59 Å². The Labute approximate surface area is 165 Å². The zero-order chi connectivity index (χ0) is 18.8. The van der Waals surface area contributed by atoms with E-state index in [0.29, 0.717) is 18.7 Å². The van der Waals surface area contributed by atoms with Gasteiger partial charge in [0.05, 0.1) is 6.26 Å². The minimum absolute atomic E-state index is 0.216. The van der Waals surface area contributed by atoms with E-state index in [9.17, 15) is 9.59 Å². The Morgan fingerprint density at radius 1 is 1.00 bits per heavy atom. The summed E-state index contributed by atoms with van der Waals surface area (Å²) in [5.74, 6) is -0.270. The van der Waals surface area contributed by atoms with Crippen LogP contribution in [-0.2, 0) is 17.8 Å². The summed E-state index contributed by atoms with van der Waals surface area (Å²) in [6, 6.07) is 17.9. The standard InChI is InChI=1S/C21H17BrN2O3/c22-16-7-9-17(10-8-16)23-20(25)18-12-14-4-1-2-5-15(14)13-24(18)21(26)19-6-3-11-27-19/h1-11,18H,12-13H2,(H,23,25)/t18-/m0/s1. The number of fused-ring (bicyclic) bond motifs is 1. The first kappa shape index (κ1) is 17.5. The number of nitrogens with one attached hydrogen (secondary N) is 1. The van der Waals surface area contributed by atoms with E-state index in [1.165, 1.54) is 6.26 Å². The van der Waals surface area contributed by atoms with Gasteiger partial charge in [-0.2, -0.15) is 0 Å². The highest BCUT2D eigenvalue weighted by atomic mass is 79.9. The van der Waals surface area contributed by atoms with Gasteiger partial charge in [0, 0.05) is 23.1 Å². The maximum atomic E-state index is 13.0. The van der Waals surface area contributed by atoms with Crippen LogP contribution in [0.15, 0.2) is 75.8 Å². The van der Waals surface area contributed by atoms with E-state index < -0.39 is 6.04 Å². The Hall–Kier alpha value is -2.86. The van der Waals surface area contributed by atoms with Gasteiger partial charge in [0.15, 0.2) is 5.76 Å². The quantitative estimate of drug-likeness (QED) is 0.683. The zero-order valence-corrected chi connectivity index (χ0v) is 16.0. The lowest BCUT2D eigenvalue weighted by atomic mass is 9.93. The number of amides is 2. The second-order valence-corrected chi connectivity index (χ2v) is 7.31. The summed E-state index contributed by atoms with van der Waals surface area (Å²) in [6.07, 6.45) is 1.92. The van der Waals surface area contributed by atoms with Crippen LogP contribution < -0.4 is 5.32 Å². The molecule has 0 saturated heterocycles. The zero-order valence-electron chi connectivity index (χ0n) is 14.4. The van der Waals surface area contributed by atoms with E-state index in [2.05, 4.69) is 21.2 Å². The summed E-state index contributed by atoms with van der Waals surface area (Å²) in [4.78, 5) is 27.5. The van der Waals surface area contributed by atoms with Crippen molar-refractivity contribution in [2.75, 3.05) is 5.32 Å². The molecule has 1 aromatic heterocycles. The molecule has 27 heavy (non-hydrogen) atoms. The highest BCUT2D eigenvalue weighted by Gasteiger charge is 2.35. The Bertz CT molecular complexity index is 967. The van der Waals surface area contributed by atoms with Crippen molar-refractivity contribution in [3.63, 3.8) is 0 Å². The molecule has 3 aromatic rings. The van der Waals surface area contributed by atoms with Crippen LogP contribution in [0.2, 0.25) is 0 Å². The minimum atomic E-state index is -0.610. The number of furan rings is 1. The van der Waals surface area contributed by atoms with Gasteiger partial charge >= 0.3 is 0 Å². The van der Waals surface area contributed by atoms with E-state index in [-0.39, 0.29) is 17.6 Å². The Balaban J connectivity index is 1.63. The fraction of sp³-hybridized carbons (Fsp3) is 0.143. The molecule has 0 radical (unpaired) electrons. The van der Waals surface area contributed by atoms with E-state index in [0.717, 1.165) is 15.6 Å². The van der Waals surface area contributed by atoms with Gasteiger partial charge in [-0.1, -0.05) is 40.2 Å². The smallest absolute Gasteiger partial charge is 0.290 e. The van der Waals surface area contributed by atoms with E-state index in [1.54, 1.807) is 17.0 Å². The highest BCUT2D eigenvalue weighted by Crippen LogP contribution is 2.26. The van der Waals surface area contributed by atoms with Crippen molar-refractivity contribution in [3.05, 3.63) is 88.3 Å². The first-order valence-corrected chi connectivity index (χ1v) is 9.39. The molecule has 0 saturated carbocycles. The van der Waals surface area contributed by atoms with Crippen molar-refractivity contribution >= 4 is 33.4 Å². The summed E-state index contributed by atoms with van der Waals surface area (Å²) in [5.41, 5.74) is 2.81. The molecule has 1 aliphatic rings. The predicted molar refractivity (Wildman–Crippen MR) is 105 cm³/mol. The van der Waals surface area contributed by atoms with Crippen molar-refractivity contribution in [1.29, 1.82) is 0 Å². The molecule has 1 N–H and O–H groups in total. The van der Waals surface area contributed by atoms with Crippen molar-refractivity contribution in [2.24, 2.45) is 0 Å². The van der Waals surface area contributed by atoms with Gasteiger partial charge < -0.3 is 14.6 Å². The first-order chi connectivity index (χ1) is 13.1. The van der Waals surface area contributed by atoms with Crippen molar-refractivity contribution in [1.82, 2.24) is 4.90 Å². The number of nitrogens with zero attached hydrogens (tertiary/aromatic N) is 1. The van der Waals surface area contributed by atoms with Crippen molar-refractivity contribution in [2.45, 2.75) is 19.0 Å². The number of rotatable bonds is 3. The lowest BCUT2D eigenvalue weighted by molar-refractivity contribution is -0.121. The number of benzene rings is 2. The van der Waals surface area contributed by atoms with Gasteiger partial charge in [0.25, 0.3) is 5.91 Å². The molecule has 0 spiro atoms. The van der Waals surface area contributed by atoms with Crippen LogP contribution in [-0.4, -0.2) is 22.8 Å². The van der Waals surface area contributed by atoms with Crippen LogP contribution in [0.1, 0.15) is 21.7 Å². The SMILES string of the molecule is O=C(Nc1ccc(Br)cc1)[C@@H]1Cc2ccccc2CN1C(=O)c1ccco1. The van der Waals surface area contributed by atoms with Gasteiger partial charge in [-0.25, -0.2) is 0 Å². The molecular weight excluding hydrogens is 408 g/mol. The highest BCUT2D eigenvalue weighted by molar-refractivity contribution is 9.10. The number of carbonyl (C=O) groups is 2. The lowest BCUT2D eigenvalue weighted by Crippen LogP contribution is -2.50. The summed E-state index contributed by atoms with van der Waals surface area (Å²) in [7, 11) is 0. The van der Waals surface area contributed by atoms with E-state index >= 15 is 0 Å². The number of carbonyl (C=O) groups excluding carboxylic acids is 2. The fourth-order valence-corrected chi connectivity index (χ4v) is 3.54. The summed E-state index contributed by atoms with van der Waals surface area (Å²) < 4.78 is 6.20. The normalized spacial score (nSPS) is 15.9. The Kier molecular flexibility index (Phi) is 4.81. The second kappa shape index (κ2) is 7.40. The van der Waals surface area contributed by atoms with Crippen molar-refractivity contribution < 1.29 is 14.0 Å². The summed E-state index contributed by atoms with van der Waals surface area (Å²) >= 11 is 3.38. The van der Waals surface area contributed by atoms with Crippen LogP contribution in [0, 0.1) is 0 Å². The van der Waals surface area contributed by atoms with Gasteiger partial charge in [-0.05, 0) is 47.5 Å². The van der Waals surface area contributed by atoms with Crippen LogP contribution in [0.3, 0.4) is 0 Å². The monoisotopic (exact) mass is 424 g/mol. The molecule has 2 heterocycles. The molecule has 0 unspecified atom stereocenters. The molecule has 2 aromatic carbocycles. The third-order valence-electron chi connectivity index (χ3n) is 4.66. The first-order valence-electron chi connectivity index (χ1n) is 8.59. The number of hydrogen-bond donors (Lipinski definition) is 1. The molecule has 0 aliphatic carbocycles.